The number of aromatic nitrogens is 2. The summed E-state index contributed by atoms with van der Waals surface area (Å²) in [7, 11) is 0. The maximum Gasteiger partial charge on any atom is 0.121 e. The minimum Gasteiger partial charge on any atom is -0.382 e. The largest absolute Gasteiger partial charge is 0.382 e. The topological polar surface area (TPSA) is 38.0 Å². The van der Waals surface area contributed by atoms with Gasteiger partial charge in [-0.15, -0.1) is 11.3 Å². The molecule has 2 heterocycles. The Balaban J connectivity index is 2.31. The zero-order valence-electron chi connectivity index (χ0n) is 8.84. The van der Waals surface area contributed by atoms with Gasteiger partial charge in [-0.2, -0.15) is 0 Å². The van der Waals surface area contributed by atoms with E-state index in [-0.39, 0.29) is 0 Å². The summed E-state index contributed by atoms with van der Waals surface area (Å²) in [6, 6.07) is 2.02. The molecule has 0 aromatic carbocycles. The SMILES string of the molecule is CCn1cncc1C(O)c1csc(C)c1. The van der Waals surface area contributed by atoms with Crippen LogP contribution in [0.1, 0.15) is 29.2 Å². The summed E-state index contributed by atoms with van der Waals surface area (Å²) in [4.78, 5) is 5.27. The summed E-state index contributed by atoms with van der Waals surface area (Å²) in [6.07, 6.45) is 2.91. The Labute approximate surface area is 93.0 Å². The van der Waals surface area contributed by atoms with Crippen molar-refractivity contribution in [3.63, 3.8) is 0 Å². The van der Waals surface area contributed by atoms with Crippen LogP contribution < -0.4 is 0 Å². The van der Waals surface area contributed by atoms with Crippen molar-refractivity contribution < 1.29 is 5.11 Å². The summed E-state index contributed by atoms with van der Waals surface area (Å²) >= 11 is 1.65. The van der Waals surface area contributed by atoms with Gasteiger partial charge in [0.1, 0.15) is 6.10 Å². The molecular formula is C11H14N2OS. The van der Waals surface area contributed by atoms with Gasteiger partial charge in [0.2, 0.25) is 0 Å². The molecule has 0 radical (unpaired) electrons. The Bertz CT molecular complexity index is 447. The first-order valence-corrected chi connectivity index (χ1v) is 5.83. The third-order valence-electron chi connectivity index (χ3n) is 2.43. The summed E-state index contributed by atoms with van der Waals surface area (Å²) in [5, 5.41) is 12.1. The lowest BCUT2D eigenvalue weighted by Crippen LogP contribution is -2.06. The monoisotopic (exact) mass is 222 g/mol. The Kier molecular flexibility index (Phi) is 2.88. The number of hydrogen-bond donors (Lipinski definition) is 1. The molecule has 2 rings (SSSR count). The highest BCUT2D eigenvalue weighted by atomic mass is 32.1. The lowest BCUT2D eigenvalue weighted by atomic mass is 10.1. The van der Waals surface area contributed by atoms with Gasteiger partial charge in [-0.25, -0.2) is 4.98 Å². The molecule has 0 spiro atoms. The molecule has 2 aromatic heterocycles. The van der Waals surface area contributed by atoms with Crippen molar-refractivity contribution >= 4 is 11.3 Å². The van der Waals surface area contributed by atoms with Crippen LogP contribution in [0.2, 0.25) is 0 Å². The van der Waals surface area contributed by atoms with Gasteiger partial charge in [-0.1, -0.05) is 0 Å². The van der Waals surface area contributed by atoms with Crippen LogP contribution in [-0.2, 0) is 6.54 Å². The van der Waals surface area contributed by atoms with Gasteiger partial charge < -0.3 is 9.67 Å². The number of aliphatic hydroxyl groups excluding tert-OH is 1. The smallest absolute Gasteiger partial charge is 0.121 e. The van der Waals surface area contributed by atoms with Crippen molar-refractivity contribution in [3.8, 4) is 0 Å². The fourth-order valence-corrected chi connectivity index (χ4v) is 2.32. The minimum atomic E-state index is -0.558. The second kappa shape index (κ2) is 4.16. The molecule has 1 unspecified atom stereocenters. The van der Waals surface area contributed by atoms with Crippen LogP contribution >= 0.6 is 11.3 Å². The Hall–Kier alpha value is -1.13. The Morgan fingerprint density at radius 2 is 2.40 bits per heavy atom. The van der Waals surface area contributed by atoms with Gasteiger partial charge in [0, 0.05) is 11.4 Å². The average Bonchev–Trinajstić information content (AvgIpc) is 2.84. The lowest BCUT2D eigenvalue weighted by Gasteiger charge is -2.10. The van der Waals surface area contributed by atoms with Gasteiger partial charge in [0.05, 0.1) is 18.2 Å². The first-order valence-electron chi connectivity index (χ1n) is 4.95. The summed E-state index contributed by atoms with van der Waals surface area (Å²) < 4.78 is 1.96. The van der Waals surface area contributed by atoms with Crippen molar-refractivity contribution in [3.05, 3.63) is 40.1 Å². The van der Waals surface area contributed by atoms with E-state index in [1.807, 2.05) is 29.9 Å². The van der Waals surface area contributed by atoms with Crippen LogP contribution in [0.3, 0.4) is 0 Å². The van der Waals surface area contributed by atoms with Crippen LogP contribution in [0.15, 0.2) is 24.0 Å². The second-order valence-electron chi connectivity index (χ2n) is 3.50. The number of hydrogen-bond acceptors (Lipinski definition) is 3. The highest BCUT2D eigenvalue weighted by Gasteiger charge is 2.15. The third-order valence-corrected chi connectivity index (χ3v) is 3.31. The van der Waals surface area contributed by atoms with Crippen LogP contribution in [0.25, 0.3) is 0 Å². The van der Waals surface area contributed by atoms with Crippen LogP contribution in [0.4, 0.5) is 0 Å². The van der Waals surface area contributed by atoms with Gasteiger partial charge in [-0.3, -0.25) is 0 Å². The molecule has 15 heavy (non-hydrogen) atoms. The number of rotatable bonds is 3. The normalized spacial score (nSPS) is 13.0. The number of imidazole rings is 1. The predicted octanol–water partition coefficient (Wildman–Crippen LogP) is 2.35. The quantitative estimate of drug-likeness (QED) is 0.865. The van der Waals surface area contributed by atoms with E-state index in [9.17, 15) is 5.11 Å². The van der Waals surface area contributed by atoms with Crippen molar-refractivity contribution in [1.29, 1.82) is 0 Å². The van der Waals surface area contributed by atoms with Crippen molar-refractivity contribution in [2.24, 2.45) is 0 Å². The molecule has 1 N–H and O–H groups in total. The molecule has 80 valence electrons. The van der Waals surface area contributed by atoms with E-state index in [4.69, 9.17) is 0 Å². The van der Waals surface area contributed by atoms with Gasteiger partial charge >= 0.3 is 0 Å². The fourth-order valence-electron chi connectivity index (χ4n) is 1.60. The average molecular weight is 222 g/mol. The van der Waals surface area contributed by atoms with Crippen molar-refractivity contribution in [2.45, 2.75) is 26.5 Å². The van der Waals surface area contributed by atoms with Crippen molar-refractivity contribution in [1.82, 2.24) is 9.55 Å². The van der Waals surface area contributed by atoms with E-state index < -0.39 is 6.10 Å². The van der Waals surface area contributed by atoms with E-state index in [0.717, 1.165) is 17.8 Å². The lowest BCUT2D eigenvalue weighted by molar-refractivity contribution is 0.210. The first-order chi connectivity index (χ1) is 7.22. The standard InChI is InChI=1S/C11H14N2OS/c1-3-13-7-12-5-10(13)11(14)9-4-8(2)15-6-9/h4-7,11,14H,3H2,1-2H3. The molecular weight excluding hydrogens is 208 g/mol. The minimum absolute atomic E-state index is 0.558. The van der Waals surface area contributed by atoms with E-state index >= 15 is 0 Å². The zero-order valence-corrected chi connectivity index (χ0v) is 9.66. The summed E-state index contributed by atoms with van der Waals surface area (Å²) in [5.41, 5.74) is 1.81. The van der Waals surface area contributed by atoms with E-state index in [2.05, 4.69) is 4.98 Å². The Morgan fingerprint density at radius 3 is 3.00 bits per heavy atom. The molecule has 1 atom stereocenters. The molecule has 4 heteroatoms. The van der Waals surface area contributed by atoms with Crippen LogP contribution in [0.5, 0.6) is 0 Å². The number of aryl methyl sites for hydroxylation is 2. The molecule has 0 saturated heterocycles. The van der Waals surface area contributed by atoms with E-state index in [1.165, 1.54) is 4.88 Å². The zero-order chi connectivity index (χ0) is 10.8. The van der Waals surface area contributed by atoms with E-state index in [0.29, 0.717) is 0 Å². The molecule has 0 saturated carbocycles. The van der Waals surface area contributed by atoms with Crippen LogP contribution in [0, 0.1) is 6.92 Å². The molecule has 0 amide bonds. The van der Waals surface area contributed by atoms with Crippen LogP contribution in [-0.4, -0.2) is 14.7 Å². The molecule has 0 aliphatic rings. The number of thiophene rings is 1. The second-order valence-corrected chi connectivity index (χ2v) is 4.61. The summed E-state index contributed by atoms with van der Waals surface area (Å²) in [5.74, 6) is 0. The molecule has 0 aliphatic heterocycles. The van der Waals surface area contributed by atoms with Gasteiger partial charge in [0.25, 0.3) is 0 Å². The molecule has 0 fully saturated rings. The van der Waals surface area contributed by atoms with E-state index in [1.54, 1.807) is 23.9 Å². The van der Waals surface area contributed by atoms with Gasteiger partial charge in [-0.05, 0) is 30.9 Å². The maximum absolute atomic E-state index is 10.2. The fraction of sp³-hybridized carbons (Fsp3) is 0.364. The first kappa shape index (κ1) is 10.4. The molecule has 0 bridgehead atoms. The maximum atomic E-state index is 10.2. The van der Waals surface area contributed by atoms with Crippen molar-refractivity contribution in [2.75, 3.05) is 0 Å². The summed E-state index contributed by atoms with van der Waals surface area (Å²) in [6.45, 7) is 4.91. The van der Waals surface area contributed by atoms with Gasteiger partial charge in [0.15, 0.2) is 0 Å². The molecule has 0 aliphatic carbocycles. The molecule has 2 aromatic rings. The Morgan fingerprint density at radius 1 is 1.60 bits per heavy atom. The predicted molar refractivity (Wildman–Crippen MR) is 61.0 cm³/mol. The highest BCUT2D eigenvalue weighted by Crippen LogP contribution is 2.25. The third kappa shape index (κ3) is 1.96. The highest BCUT2D eigenvalue weighted by molar-refractivity contribution is 7.10. The molecule has 3 nitrogen and oxygen atoms in total. The number of aliphatic hydroxyl groups is 1. The number of nitrogens with zero attached hydrogens (tertiary/aromatic N) is 2.